The van der Waals surface area contributed by atoms with Crippen LogP contribution in [0.15, 0.2) is 0 Å². The Kier molecular flexibility index (Phi) is 7.28. The van der Waals surface area contributed by atoms with Gasteiger partial charge in [-0.05, 0) is 6.42 Å². The third-order valence-corrected chi connectivity index (χ3v) is 3.29. The molecule has 0 radical (unpaired) electrons. The van der Waals surface area contributed by atoms with Crippen molar-refractivity contribution in [1.29, 1.82) is 0 Å². The third kappa shape index (κ3) is 6.08. The van der Waals surface area contributed by atoms with Gasteiger partial charge in [-0.25, -0.2) is 0 Å². The Morgan fingerprint density at radius 1 is 1.67 bits per heavy atom. The topological polar surface area (TPSA) is 20.3 Å². The van der Waals surface area contributed by atoms with Crippen LogP contribution in [0, 0.1) is 0 Å². The molecule has 1 unspecified atom stereocenters. The lowest BCUT2D eigenvalue weighted by atomic mass is 10.3. The Hall–Kier alpha value is 0.520. The smallest absolute Gasteiger partial charge is 0.219 e. The van der Waals surface area contributed by atoms with Crippen LogP contribution in [-0.4, -0.2) is 35.4 Å². The van der Waals surface area contributed by atoms with Crippen molar-refractivity contribution in [3.63, 3.8) is 0 Å². The second-order valence-electron chi connectivity index (χ2n) is 2.68. The van der Waals surface area contributed by atoms with E-state index in [4.69, 9.17) is 0 Å². The molecule has 0 N–H and O–H groups in total. The predicted molar refractivity (Wildman–Crippen MR) is 62.1 cm³/mol. The molecule has 72 valence electrons. The maximum Gasteiger partial charge on any atom is 0.219 e. The lowest BCUT2D eigenvalue weighted by Gasteiger charge is -2.16. The first-order chi connectivity index (χ1) is 5.57. The van der Waals surface area contributed by atoms with Gasteiger partial charge in [-0.15, -0.1) is 11.7 Å². The van der Waals surface area contributed by atoms with E-state index in [0.29, 0.717) is 5.25 Å². The first kappa shape index (κ1) is 12.5. The van der Waals surface area contributed by atoms with E-state index in [1.54, 1.807) is 18.9 Å². The van der Waals surface area contributed by atoms with Crippen molar-refractivity contribution in [3.8, 4) is 0 Å². The maximum atomic E-state index is 10.8. The molecule has 12 heavy (non-hydrogen) atoms. The van der Waals surface area contributed by atoms with Crippen molar-refractivity contribution in [1.82, 2.24) is 4.90 Å². The molecule has 0 rings (SSSR count). The van der Waals surface area contributed by atoms with Gasteiger partial charge in [-0.3, -0.25) is 4.79 Å². The van der Waals surface area contributed by atoms with Gasteiger partial charge in [0.1, 0.15) is 0 Å². The Labute approximate surface area is 88.7 Å². The molecule has 0 aromatic rings. The highest BCUT2D eigenvalue weighted by molar-refractivity contribution is 8.68. The number of hydrogen-bond acceptors (Lipinski definition) is 4. The molecule has 0 aromatic heterocycles. The minimum atomic E-state index is 0.106. The summed E-state index contributed by atoms with van der Waals surface area (Å²) in [6.45, 7) is 2.35. The minimum absolute atomic E-state index is 0.106. The summed E-state index contributed by atoms with van der Waals surface area (Å²) in [6.07, 6.45) is 0.923. The molecule has 0 saturated carbocycles. The van der Waals surface area contributed by atoms with Crippen molar-refractivity contribution < 1.29 is 4.79 Å². The molecular formula is C7H15NOS3. The zero-order valence-electron chi connectivity index (χ0n) is 7.36. The summed E-state index contributed by atoms with van der Waals surface area (Å²) in [5.41, 5.74) is 0. The number of carbonyl (C=O) groups excluding carboxylic acids is 1. The second-order valence-corrected chi connectivity index (χ2v) is 4.78. The summed E-state index contributed by atoms with van der Waals surface area (Å²) in [4.78, 5) is 12.5. The van der Waals surface area contributed by atoms with E-state index in [-0.39, 0.29) is 5.91 Å². The fraction of sp³-hybridized carbons (Fsp3) is 0.857. The van der Waals surface area contributed by atoms with Crippen LogP contribution in [0.3, 0.4) is 0 Å². The van der Waals surface area contributed by atoms with Crippen molar-refractivity contribution in [2.24, 2.45) is 0 Å². The van der Waals surface area contributed by atoms with Crippen molar-refractivity contribution in [2.75, 3.05) is 19.3 Å². The second kappa shape index (κ2) is 6.97. The Morgan fingerprint density at radius 2 is 2.25 bits per heavy atom. The fourth-order valence-electron chi connectivity index (χ4n) is 0.669. The SMILES string of the molecule is CC(=O)N(C)CCC(S)CSS. The lowest BCUT2D eigenvalue weighted by molar-refractivity contribution is -0.127. The quantitative estimate of drug-likeness (QED) is 0.549. The van der Waals surface area contributed by atoms with Crippen LogP contribution in [0.4, 0.5) is 0 Å². The van der Waals surface area contributed by atoms with Gasteiger partial charge >= 0.3 is 0 Å². The number of nitrogens with zero attached hydrogens (tertiary/aromatic N) is 1. The summed E-state index contributed by atoms with van der Waals surface area (Å²) < 4.78 is 0. The monoisotopic (exact) mass is 225 g/mol. The molecule has 0 spiro atoms. The molecule has 1 atom stereocenters. The normalized spacial score (nSPS) is 12.7. The van der Waals surface area contributed by atoms with Crippen LogP contribution in [0.25, 0.3) is 0 Å². The summed E-state index contributed by atoms with van der Waals surface area (Å²) in [5, 5.41) is 0.328. The predicted octanol–water partition coefficient (Wildman–Crippen LogP) is 1.73. The molecular weight excluding hydrogens is 210 g/mol. The number of thiol groups is 2. The first-order valence-corrected chi connectivity index (χ1v) is 6.29. The van der Waals surface area contributed by atoms with E-state index in [2.05, 4.69) is 24.3 Å². The van der Waals surface area contributed by atoms with E-state index in [1.165, 1.54) is 10.8 Å². The fourth-order valence-corrected chi connectivity index (χ4v) is 2.24. The molecule has 0 aliphatic rings. The number of rotatable bonds is 5. The molecule has 0 saturated heterocycles. The molecule has 0 bridgehead atoms. The zero-order chi connectivity index (χ0) is 9.56. The van der Waals surface area contributed by atoms with Crippen LogP contribution in [0.5, 0.6) is 0 Å². The molecule has 0 aliphatic carbocycles. The van der Waals surface area contributed by atoms with Crippen LogP contribution in [-0.2, 0) is 4.79 Å². The van der Waals surface area contributed by atoms with E-state index in [0.717, 1.165) is 18.7 Å². The largest absolute Gasteiger partial charge is 0.346 e. The van der Waals surface area contributed by atoms with Gasteiger partial charge in [0, 0.05) is 31.5 Å². The van der Waals surface area contributed by atoms with Gasteiger partial charge in [-0.1, -0.05) is 10.8 Å². The van der Waals surface area contributed by atoms with Gasteiger partial charge in [0.05, 0.1) is 0 Å². The van der Waals surface area contributed by atoms with Gasteiger partial charge in [0.15, 0.2) is 0 Å². The number of carbonyl (C=O) groups is 1. The average Bonchev–Trinajstić information content (AvgIpc) is 2.00. The Morgan fingerprint density at radius 3 is 2.67 bits per heavy atom. The zero-order valence-corrected chi connectivity index (χ0v) is 9.96. The summed E-state index contributed by atoms with van der Waals surface area (Å²) in [7, 11) is 3.29. The molecule has 0 aliphatic heterocycles. The third-order valence-electron chi connectivity index (χ3n) is 1.60. The highest BCUT2D eigenvalue weighted by Crippen LogP contribution is 2.13. The Balaban J connectivity index is 3.46. The number of hydrogen-bond donors (Lipinski definition) is 2. The summed E-state index contributed by atoms with van der Waals surface area (Å²) >= 11 is 8.38. The van der Waals surface area contributed by atoms with Gasteiger partial charge in [0.25, 0.3) is 0 Å². The maximum absolute atomic E-state index is 10.8. The first-order valence-electron chi connectivity index (χ1n) is 3.74. The highest BCUT2D eigenvalue weighted by Gasteiger charge is 2.06. The highest BCUT2D eigenvalue weighted by atomic mass is 33.1. The lowest BCUT2D eigenvalue weighted by Crippen LogP contribution is -2.26. The molecule has 0 aromatic carbocycles. The molecule has 0 fully saturated rings. The minimum Gasteiger partial charge on any atom is -0.346 e. The molecule has 0 heterocycles. The van der Waals surface area contributed by atoms with Crippen molar-refractivity contribution >= 4 is 41.0 Å². The molecule has 1 amide bonds. The van der Waals surface area contributed by atoms with Crippen molar-refractivity contribution in [2.45, 2.75) is 18.6 Å². The van der Waals surface area contributed by atoms with E-state index < -0.39 is 0 Å². The van der Waals surface area contributed by atoms with Crippen LogP contribution < -0.4 is 0 Å². The molecule has 2 nitrogen and oxygen atoms in total. The standard InChI is InChI=1S/C7H15NOS3/c1-6(9)8(2)4-3-7(10)5-12-11/h7,10-11H,3-5H2,1-2H3. The average molecular weight is 225 g/mol. The van der Waals surface area contributed by atoms with E-state index in [9.17, 15) is 4.79 Å². The summed E-state index contributed by atoms with van der Waals surface area (Å²) in [5.74, 6) is 1.02. The van der Waals surface area contributed by atoms with Crippen LogP contribution in [0.2, 0.25) is 0 Å². The molecule has 5 heteroatoms. The van der Waals surface area contributed by atoms with Gasteiger partial charge in [-0.2, -0.15) is 12.6 Å². The van der Waals surface area contributed by atoms with Crippen LogP contribution >= 0.6 is 35.1 Å². The number of amides is 1. The van der Waals surface area contributed by atoms with Gasteiger partial charge in [0.2, 0.25) is 5.91 Å². The van der Waals surface area contributed by atoms with E-state index in [1.807, 2.05) is 0 Å². The Bertz CT molecular complexity index is 143. The van der Waals surface area contributed by atoms with Crippen LogP contribution in [0.1, 0.15) is 13.3 Å². The van der Waals surface area contributed by atoms with E-state index >= 15 is 0 Å². The van der Waals surface area contributed by atoms with Crippen molar-refractivity contribution in [3.05, 3.63) is 0 Å². The summed E-state index contributed by atoms with van der Waals surface area (Å²) in [6, 6.07) is 0. The van der Waals surface area contributed by atoms with Gasteiger partial charge < -0.3 is 4.90 Å².